The second-order valence-corrected chi connectivity index (χ2v) is 12.1. The number of nitrogens with zero attached hydrogens (tertiary/aromatic N) is 1. The quantitative estimate of drug-likeness (QED) is 0.298. The summed E-state index contributed by atoms with van der Waals surface area (Å²) in [5.41, 5.74) is 7.06. The number of aliphatic hydroxyl groups excluding tert-OH is 1. The number of anilines is 1. The van der Waals surface area contributed by atoms with Crippen molar-refractivity contribution in [2.24, 2.45) is 5.92 Å². The van der Waals surface area contributed by atoms with Gasteiger partial charge in [-0.25, -0.2) is 13.2 Å². The number of amides is 1. The second kappa shape index (κ2) is 14.6. The van der Waals surface area contributed by atoms with Crippen LogP contribution in [0.15, 0.2) is 59.5 Å². The predicted octanol–water partition coefficient (Wildman–Crippen LogP) is 3.16. The van der Waals surface area contributed by atoms with Crippen molar-refractivity contribution < 1.29 is 32.5 Å². The molecule has 4 atom stereocenters. The first-order valence-electron chi connectivity index (χ1n) is 13.4. The van der Waals surface area contributed by atoms with E-state index in [9.17, 15) is 18.3 Å². The summed E-state index contributed by atoms with van der Waals surface area (Å²) in [7, 11) is -3.93. The third-order valence-corrected chi connectivity index (χ3v) is 8.09. The molecule has 1 fully saturated rings. The largest absolute Gasteiger partial charge is 0.444 e. The van der Waals surface area contributed by atoms with Crippen molar-refractivity contribution in [1.82, 2.24) is 9.62 Å². The Kier molecular flexibility index (Phi) is 11.6. The van der Waals surface area contributed by atoms with Crippen LogP contribution in [-0.4, -0.2) is 74.8 Å². The molecule has 0 spiro atoms. The third-order valence-electron chi connectivity index (χ3n) is 6.25. The summed E-state index contributed by atoms with van der Waals surface area (Å²) in [5.74, 6) is -0.00325. The number of nitrogen functional groups attached to an aromatic ring is 1. The van der Waals surface area contributed by atoms with Crippen LogP contribution in [0.1, 0.15) is 39.2 Å². The molecule has 0 aliphatic carbocycles. The van der Waals surface area contributed by atoms with Gasteiger partial charge in [0.1, 0.15) is 6.10 Å². The molecule has 0 saturated carbocycles. The zero-order valence-corrected chi connectivity index (χ0v) is 23.7. The summed E-state index contributed by atoms with van der Waals surface area (Å²) in [6.45, 7) is 6.54. The minimum absolute atomic E-state index is 0.00325. The number of sulfonamides is 1. The van der Waals surface area contributed by atoms with Crippen LogP contribution in [0, 0.1) is 5.92 Å². The number of ether oxygens (including phenoxy) is 3. The maximum absolute atomic E-state index is 13.5. The number of carbonyl (C=O) groups excluding carboxylic acids is 1. The Morgan fingerprint density at radius 2 is 1.85 bits per heavy atom. The number of benzene rings is 2. The Balaban J connectivity index is 1.74. The van der Waals surface area contributed by atoms with Gasteiger partial charge >= 0.3 is 6.09 Å². The Hall–Kier alpha value is -2.70. The topological polar surface area (TPSA) is 140 Å². The number of hydrogen-bond acceptors (Lipinski definition) is 8. The summed E-state index contributed by atoms with van der Waals surface area (Å²) in [6, 6.07) is 14.5. The molecule has 1 saturated heterocycles. The highest BCUT2D eigenvalue weighted by Gasteiger charge is 2.33. The average Bonchev–Trinajstić information content (AvgIpc) is 3.34. The van der Waals surface area contributed by atoms with Crippen molar-refractivity contribution in [3.63, 3.8) is 0 Å². The second-order valence-electron chi connectivity index (χ2n) is 10.2. The summed E-state index contributed by atoms with van der Waals surface area (Å²) in [5, 5.41) is 14.1. The van der Waals surface area contributed by atoms with Crippen LogP contribution in [0.5, 0.6) is 0 Å². The molecule has 1 aliphatic heterocycles. The van der Waals surface area contributed by atoms with E-state index in [1.807, 2.05) is 51.1 Å². The van der Waals surface area contributed by atoms with Crippen molar-refractivity contribution in [3.8, 4) is 0 Å². The SMILES string of the molecule is CCCO[C@H]1C[C@@H](OC(=O)N[C@@H](Cc2ccccc2)[C@H](O)CN(CC(C)C)S(=O)(=O)c2ccc(N)cc2)CO1. The molecule has 0 bridgehead atoms. The molecule has 3 rings (SSSR count). The van der Waals surface area contributed by atoms with Gasteiger partial charge in [0.25, 0.3) is 0 Å². The molecule has 0 radical (unpaired) electrons. The standard InChI is InChI=1S/C28H41N3O7S/c1-4-14-36-27-16-23(19-37-27)38-28(33)30-25(15-21-8-6-5-7-9-21)26(32)18-31(17-20(2)3)39(34,35)24-12-10-22(29)11-13-24/h5-13,20,23,25-27,32H,4,14-19,29H2,1-3H3,(H,30,33)/t23-,25+,26-,27-/m1/s1. The van der Waals surface area contributed by atoms with Crippen LogP contribution in [-0.2, 0) is 30.7 Å². The number of hydrogen-bond donors (Lipinski definition) is 3. The molecule has 0 aromatic heterocycles. The van der Waals surface area contributed by atoms with E-state index in [0.29, 0.717) is 18.7 Å². The van der Waals surface area contributed by atoms with E-state index in [1.165, 1.54) is 28.6 Å². The first-order valence-corrected chi connectivity index (χ1v) is 14.8. The molecule has 2 aromatic rings. The lowest BCUT2D eigenvalue weighted by Crippen LogP contribution is -2.51. The summed E-state index contributed by atoms with van der Waals surface area (Å²) in [4.78, 5) is 12.9. The van der Waals surface area contributed by atoms with E-state index in [0.717, 1.165) is 12.0 Å². The number of rotatable bonds is 14. The van der Waals surface area contributed by atoms with Crippen LogP contribution in [0.25, 0.3) is 0 Å². The summed E-state index contributed by atoms with van der Waals surface area (Å²) < 4.78 is 44.9. The van der Waals surface area contributed by atoms with Gasteiger partial charge in [-0.1, -0.05) is 51.1 Å². The molecule has 1 heterocycles. The third kappa shape index (κ3) is 9.47. The first kappa shape index (κ1) is 30.8. The number of aliphatic hydroxyl groups is 1. The van der Waals surface area contributed by atoms with Crippen LogP contribution in [0.2, 0.25) is 0 Å². The molecular formula is C28H41N3O7S. The van der Waals surface area contributed by atoms with Gasteiger partial charge in [-0.2, -0.15) is 4.31 Å². The van der Waals surface area contributed by atoms with Crippen molar-refractivity contribution >= 4 is 21.8 Å². The van der Waals surface area contributed by atoms with Crippen molar-refractivity contribution in [3.05, 3.63) is 60.2 Å². The molecule has 216 valence electrons. The van der Waals surface area contributed by atoms with Gasteiger partial charge in [0.15, 0.2) is 6.29 Å². The first-order chi connectivity index (χ1) is 18.6. The van der Waals surface area contributed by atoms with Gasteiger partial charge in [0.05, 0.1) is 23.6 Å². The number of alkyl carbamates (subject to hydrolysis) is 1. The molecule has 11 heteroatoms. The van der Waals surface area contributed by atoms with Gasteiger partial charge in [0.2, 0.25) is 10.0 Å². The highest BCUT2D eigenvalue weighted by Crippen LogP contribution is 2.21. The molecule has 4 N–H and O–H groups in total. The Morgan fingerprint density at radius 3 is 2.49 bits per heavy atom. The summed E-state index contributed by atoms with van der Waals surface area (Å²) in [6.07, 6.45) is -1.29. The van der Waals surface area contributed by atoms with E-state index in [4.69, 9.17) is 19.9 Å². The maximum Gasteiger partial charge on any atom is 0.407 e. The lowest BCUT2D eigenvalue weighted by molar-refractivity contribution is -0.110. The minimum atomic E-state index is -3.93. The molecule has 0 unspecified atom stereocenters. The minimum Gasteiger partial charge on any atom is -0.444 e. The zero-order valence-electron chi connectivity index (χ0n) is 22.9. The number of carbonyl (C=O) groups is 1. The van der Waals surface area contributed by atoms with Crippen LogP contribution >= 0.6 is 0 Å². The fourth-order valence-electron chi connectivity index (χ4n) is 4.30. The Morgan fingerprint density at radius 1 is 1.15 bits per heavy atom. The van der Waals surface area contributed by atoms with Gasteiger partial charge in [-0.3, -0.25) is 0 Å². The molecule has 1 aliphatic rings. The number of nitrogens with two attached hydrogens (primary N) is 1. The van der Waals surface area contributed by atoms with Crippen molar-refractivity contribution in [1.29, 1.82) is 0 Å². The number of nitrogens with one attached hydrogen (secondary N) is 1. The fraction of sp³-hybridized carbons (Fsp3) is 0.536. The van der Waals surface area contributed by atoms with E-state index in [-0.39, 0.29) is 36.9 Å². The van der Waals surface area contributed by atoms with Crippen molar-refractivity contribution in [2.75, 3.05) is 32.0 Å². The van der Waals surface area contributed by atoms with Crippen molar-refractivity contribution in [2.45, 2.75) is 69.5 Å². The Bertz CT molecular complexity index is 1130. The monoisotopic (exact) mass is 563 g/mol. The van der Waals surface area contributed by atoms with E-state index < -0.39 is 40.7 Å². The molecule has 39 heavy (non-hydrogen) atoms. The lowest BCUT2D eigenvalue weighted by Gasteiger charge is -2.30. The zero-order chi connectivity index (χ0) is 28.4. The highest BCUT2D eigenvalue weighted by molar-refractivity contribution is 7.89. The molecular weight excluding hydrogens is 522 g/mol. The smallest absolute Gasteiger partial charge is 0.407 e. The van der Waals surface area contributed by atoms with Crippen LogP contribution in [0.4, 0.5) is 10.5 Å². The highest BCUT2D eigenvalue weighted by atomic mass is 32.2. The molecule has 10 nitrogen and oxygen atoms in total. The predicted molar refractivity (Wildman–Crippen MR) is 148 cm³/mol. The molecule has 2 aromatic carbocycles. The van der Waals surface area contributed by atoms with Gasteiger partial charge < -0.3 is 30.4 Å². The van der Waals surface area contributed by atoms with E-state index in [2.05, 4.69) is 5.32 Å². The average molecular weight is 564 g/mol. The van der Waals surface area contributed by atoms with Gasteiger partial charge in [-0.05, 0) is 48.6 Å². The maximum atomic E-state index is 13.5. The molecule has 1 amide bonds. The van der Waals surface area contributed by atoms with Crippen LogP contribution in [0.3, 0.4) is 0 Å². The normalized spacial score (nSPS) is 19.2. The van der Waals surface area contributed by atoms with Gasteiger partial charge in [0, 0.05) is 31.8 Å². The van der Waals surface area contributed by atoms with Crippen LogP contribution < -0.4 is 11.1 Å². The lowest BCUT2D eigenvalue weighted by atomic mass is 10.0. The fourth-order valence-corrected chi connectivity index (χ4v) is 5.93. The van der Waals surface area contributed by atoms with E-state index in [1.54, 1.807) is 0 Å². The summed E-state index contributed by atoms with van der Waals surface area (Å²) >= 11 is 0. The van der Waals surface area contributed by atoms with E-state index >= 15 is 0 Å². The van der Waals surface area contributed by atoms with Gasteiger partial charge in [-0.15, -0.1) is 0 Å². The Labute approximate surface area is 231 Å².